The van der Waals surface area contributed by atoms with Crippen LogP contribution in [0.5, 0.6) is 5.75 Å². The van der Waals surface area contributed by atoms with E-state index in [1.807, 2.05) is 54.6 Å². The fraction of sp³-hybridized carbons (Fsp3) is 0.0385. The number of hydrogen-bond acceptors (Lipinski definition) is 5. The van der Waals surface area contributed by atoms with Crippen LogP contribution in [0.25, 0.3) is 39.1 Å². The van der Waals surface area contributed by atoms with Crippen molar-refractivity contribution >= 4 is 16.9 Å². The first-order valence-corrected chi connectivity index (χ1v) is 10.4. The molecule has 1 amide bonds. The van der Waals surface area contributed by atoms with Crippen molar-refractivity contribution in [3.8, 4) is 33.8 Å². The number of aromatic hydroxyl groups is 1. The number of rotatable bonds is 5. The van der Waals surface area contributed by atoms with Crippen molar-refractivity contribution in [1.29, 1.82) is 0 Å². The van der Waals surface area contributed by atoms with Crippen LogP contribution in [0.1, 0.15) is 15.9 Å². The van der Waals surface area contributed by atoms with Gasteiger partial charge in [-0.1, -0.05) is 54.6 Å². The van der Waals surface area contributed by atoms with Gasteiger partial charge in [0.2, 0.25) is 5.91 Å². The summed E-state index contributed by atoms with van der Waals surface area (Å²) < 4.78 is 1.72. The molecular weight excluding hydrogens is 414 g/mol. The molecule has 33 heavy (non-hydrogen) atoms. The van der Waals surface area contributed by atoms with Gasteiger partial charge < -0.3 is 16.6 Å². The molecule has 0 saturated carbocycles. The second-order valence-electron chi connectivity index (χ2n) is 7.66. The van der Waals surface area contributed by atoms with Crippen LogP contribution >= 0.6 is 0 Å². The van der Waals surface area contributed by atoms with Gasteiger partial charge in [0, 0.05) is 23.4 Å². The molecule has 0 bridgehead atoms. The van der Waals surface area contributed by atoms with Gasteiger partial charge in [-0.25, -0.2) is 9.97 Å². The molecule has 162 valence electrons. The molecule has 0 saturated heterocycles. The van der Waals surface area contributed by atoms with E-state index in [2.05, 4.69) is 9.97 Å². The summed E-state index contributed by atoms with van der Waals surface area (Å²) in [5.74, 6) is -0.520. The molecule has 0 spiro atoms. The molecule has 0 atom stereocenters. The third-order valence-corrected chi connectivity index (χ3v) is 5.68. The van der Waals surface area contributed by atoms with E-state index >= 15 is 0 Å². The zero-order valence-electron chi connectivity index (χ0n) is 17.6. The Morgan fingerprint density at radius 1 is 0.939 bits per heavy atom. The highest BCUT2D eigenvalue weighted by Crippen LogP contribution is 2.36. The van der Waals surface area contributed by atoms with Crippen molar-refractivity contribution in [3.05, 3.63) is 96.4 Å². The lowest BCUT2D eigenvalue weighted by Gasteiger charge is -2.11. The van der Waals surface area contributed by atoms with E-state index in [4.69, 9.17) is 11.5 Å². The standard InChI is InChI=1S/C26H21N5O2/c27-13-19-4-1-2-7-21(19)16-8-10-17(11-9-16)23-25(32)24-22(14-29-23)30-15-31(24)20-6-3-5-18(12-20)26(28)33/h1-12,14-15,32H,13,27H2,(H2,28,33). The number of fused-ring (bicyclic) bond motifs is 1. The summed E-state index contributed by atoms with van der Waals surface area (Å²) in [6, 6.07) is 22.7. The zero-order chi connectivity index (χ0) is 22.9. The first kappa shape index (κ1) is 20.4. The first-order valence-electron chi connectivity index (χ1n) is 10.4. The highest BCUT2D eigenvalue weighted by Gasteiger charge is 2.17. The third kappa shape index (κ3) is 3.60. The molecule has 7 heteroatoms. The molecule has 5 N–H and O–H groups in total. The second-order valence-corrected chi connectivity index (χ2v) is 7.66. The van der Waals surface area contributed by atoms with E-state index in [-0.39, 0.29) is 5.75 Å². The Bertz CT molecular complexity index is 1490. The highest BCUT2D eigenvalue weighted by molar-refractivity contribution is 5.94. The Morgan fingerprint density at radius 3 is 2.45 bits per heavy atom. The maximum Gasteiger partial charge on any atom is 0.248 e. The fourth-order valence-corrected chi connectivity index (χ4v) is 3.99. The molecule has 0 aliphatic rings. The van der Waals surface area contributed by atoms with Crippen molar-refractivity contribution in [3.63, 3.8) is 0 Å². The molecule has 7 nitrogen and oxygen atoms in total. The minimum atomic E-state index is -0.524. The van der Waals surface area contributed by atoms with Crippen LogP contribution in [0.3, 0.4) is 0 Å². The number of carbonyl (C=O) groups is 1. The maximum absolute atomic E-state index is 11.6. The molecule has 2 aromatic heterocycles. The van der Waals surface area contributed by atoms with E-state index in [9.17, 15) is 9.90 Å². The molecule has 5 rings (SSSR count). The van der Waals surface area contributed by atoms with E-state index in [0.717, 1.165) is 22.3 Å². The Hall–Kier alpha value is -4.49. The Labute approximate surface area is 190 Å². The van der Waals surface area contributed by atoms with E-state index in [1.54, 1.807) is 35.3 Å². The van der Waals surface area contributed by atoms with Gasteiger partial charge >= 0.3 is 0 Å². The number of nitrogens with two attached hydrogens (primary N) is 2. The predicted molar refractivity (Wildman–Crippen MR) is 128 cm³/mol. The quantitative estimate of drug-likeness (QED) is 0.385. The minimum Gasteiger partial charge on any atom is -0.504 e. The minimum absolute atomic E-state index is 0.00425. The summed E-state index contributed by atoms with van der Waals surface area (Å²) in [4.78, 5) is 20.4. The normalized spacial score (nSPS) is 11.1. The van der Waals surface area contributed by atoms with Gasteiger partial charge in [-0.2, -0.15) is 0 Å². The van der Waals surface area contributed by atoms with Crippen molar-refractivity contribution in [2.24, 2.45) is 11.5 Å². The van der Waals surface area contributed by atoms with Crippen molar-refractivity contribution in [2.45, 2.75) is 6.54 Å². The van der Waals surface area contributed by atoms with Crippen LogP contribution in [0, 0.1) is 0 Å². The summed E-state index contributed by atoms with van der Waals surface area (Å²) in [5.41, 5.74) is 17.8. The number of benzene rings is 3. The number of carbonyl (C=O) groups excluding carboxylic acids is 1. The number of primary amides is 1. The lowest BCUT2D eigenvalue weighted by Crippen LogP contribution is -2.11. The molecule has 3 aromatic carbocycles. The topological polar surface area (TPSA) is 120 Å². The number of aromatic nitrogens is 3. The van der Waals surface area contributed by atoms with Crippen LogP contribution < -0.4 is 11.5 Å². The highest BCUT2D eigenvalue weighted by atomic mass is 16.3. The maximum atomic E-state index is 11.6. The number of nitrogens with zero attached hydrogens (tertiary/aromatic N) is 3. The summed E-state index contributed by atoms with van der Waals surface area (Å²) in [6.45, 7) is 0.456. The SMILES string of the molecule is NCc1ccccc1-c1ccc(-c2ncc3ncn(-c4cccc(C(N)=O)c4)c3c2O)cc1. The third-order valence-electron chi connectivity index (χ3n) is 5.68. The molecule has 0 aliphatic heterocycles. The average Bonchev–Trinajstić information content (AvgIpc) is 3.30. The van der Waals surface area contributed by atoms with Gasteiger partial charge in [-0.3, -0.25) is 9.36 Å². The fourth-order valence-electron chi connectivity index (χ4n) is 3.99. The van der Waals surface area contributed by atoms with E-state index < -0.39 is 5.91 Å². The Balaban J connectivity index is 1.59. The van der Waals surface area contributed by atoms with Gasteiger partial charge in [0.15, 0.2) is 5.75 Å². The van der Waals surface area contributed by atoms with Gasteiger partial charge in [0.25, 0.3) is 0 Å². The predicted octanol–water partition coefficient (Wildman–Crippen LogP) is 4.02. The molecule has 5 aromatic rings. The number of hydrogen-bond donors (Lipinski definition) is 3. The van der Waals surface area contributed by atoms with Crippen molar-refractivity contribution in [2.75, 3.05) is 0 Å². The summed E-state index contributed by atoms with van der Waals surface area (Å²) in [7, 11) is 0. The van der Waals surface area contributed by atoms with Crippen LogP contribution in [-0.4, -0.2) is 25.5 Å². The largest absolute Gasteiger partial charge is 0.504 e. The number of pyridine rings is 1. The monoisotopic (exact) mass is 435 g/mol. The summed E-state index contributed by atoms with van der Waals surface area (Å²) in [6.07, 6.45) is 3.21. The van der Waals surface area contributed by atoms with Crippen molar-refractivity contribution in [1.82, 2.24) is 14.5 Å². The molecule has 0 aliphatic carbocycles. The lowest BCUT2D eigenvalue weighted by molar-refractivity contribution is 0.1000. The number of imidazole rings is 1. The summed E-state index contributed by atoms with van der Waals surface area (Å²) in [5, 5.41) is 11.1. The van der Waals surface area contributed by atoms with Crippen LogP contribution in [0.2, 0.25) is 0 Å². The average molecular weight is 435 g/mol. The van der Waals surface area contributed by atoms with Gasteiger partial charge in [0.05, 0.1) is 6.20 Å². The van der Waals surface area contributed by atoms with E-state index in [0.29, 0.717) is 34.5 Å². The molecule has 0 fully saturated rings. The van der Waals surface area contributed by atoms with Gasteiger partial charge in [-0.15, -0.1) is 0 Å². The molecular formula is C26H21N5O2. The Kier molecular flexibility index (Phi) is 5.08. The second kappa shape index (κ2) is 8.22. The van der Waals surface area contributed by atoms with Crippen LogP contribution in [0.4, 0.5) is 0 Å². The molecule has 2 heterocycles. The number of amides is 1. The van der Waals surface area contributed by atoms with Crippen LogP contribution in [0.15, 0.2) is 85.3 Å². The smallest absolute Gasteiger partial charge is 0.248 e. The van der Waals surface area contributed by atoms with E-state index in [1.165, 1.54) is 0 Å². The van der Waals surface area contributed by atoms with Crippen molar-refractivity contribution < 1.29 is 9.90 Å². The van der Waals surface area contributed by atoms with Gasteiger partial charge in [-0.05, 0) is 34.9 Å². The zero-order valence-corrected chi connectivity index (χ0v) is 17.6. The van der Waals surface area contributed by atoms with Crippen LogP contribution in [-0.2, 0) is 6.54 Å². The lowest BCUT2D eigenvalue weighted by atomic mass is 9.98. The first-order chi connectivity index (χ1) is 16.1. The Morgan fingerprint density at radius 2 is 1.70 bits per heavy atom. The summed E-state index contributed by atoms with van der Waals surface area (Å²) >= 11 is 0. The molecule has 0 radical (unpaired) electrons. The van der Waals surface area contributed by atoms with Gasteiger partial charge in [0.1, 0.15) is 23.1 Å². The molecule has 0 unspecified atom stereocenters.